The molecule has 0 saturated heterocycles. The van der Waals surface area contributed by atoms with Crippen LogP contribution in [0.2, 0.25) is 0 Å². The van der Waals surface area contributed by atoms with Gasteiger partial charge in [0.2, 0.25) is 0 Å². The number of hydrazone groups is 1. The molecule has 1 aromatic heterocycles. The number of nitrogens with one attached hydrogen (secondary N) is 1. The highest BCUT2D eigenvalue weighted by Crippen LogP contribution is 2.21. The van der Waals surface area contributed by atoms with E-state index in [1.165, 1.54) is 0 Å². The van der Waals surface area contributed by atoms with Gasteiger partial charge in [0.15, 0.2) is 0 Å². The number of para-hydroxylation sites is 1. The number of aryl methyl sites for hydroxylation is 2. The van der Waals surface area contributed by atoms with Gasteiger partial charge in [-0.3, -0.25) is 4.79 Å². The molecule has 0 spiro atoms. The fraction of sp³-hybridized carbons (Fsp3) is 0.0769. The third kappa shape index (κ3) is 4.90. The predicted octanol–water partition coefficient (Wildman–Crippen LogP) is 5.65. The van der Waals surface area contributed by atoms with Gasteiger partial charge in [-0.25, -0.2) is 5.43 Å². The zero-order valence-corrected chi connectivity index (χ0v) is 17.4. The standard InChI is InChI=1S/C26H23N3O2/c1-19-11-12-20(2)29(19)23-15-13-22(14-16-23)26(30)28-27-18-21-7-6-10-25(17-21)31-24-8-4-3-5-9-24/h3-18H,1-2H3,(H,28,30)/b27-18-. The average Bonchev–Trinajstić information content (AvgIpc) is 3.13. The maximum Gasteiger partial charge on any atom is 0.271 e. The molecule has 0 fully saturated rings. The number of rotatable bonds is 6. The highest BCUT2D eigenvalue weighted by atomic mass is 16.5. The lowest BCUT2D eigenvalue weighted by atomic mass is 10.2. The van der Waals surface area contributed by atoms with E-state index in [9.17, 15) is 4.79 Å². The molecule has 0 bridgehead atoms. The Kier molecular flexibility index (Phi) is 5.94. The Bertz CT molecular complexity index is 1190. The third-order valence-electron chi connectivity index (χ3n) is 4.88. The molecule has 4 aromatic rings. The van der Waals surface area contributed by atoms with Crippen LogP contribution < -0.4 is 10.2 Å². The molecule has 4 rings (SSSR count). The molecule has 0 aliphatic carbocycles. The maximum atomic E-state index is 12.4. The highest BCUT2D eigenvalue weighted by molar-refractivity contribution is 5.95. The number of amides is 1. The first-order valence-electron chi connectivity index (χ1n) is 10.0. The van der Waals surface area contributed by atoms with E-state index in [0.29, 0.717) is 11.3 Å². The van der Waals surface area contributed by atoms with Crippen molar-refractivity contribution in [3.63, 3.8) is 0 Å². The summed E-state index contributed by atoms with van der Waals surface area (Å²) in [4.78, 5) is 12.4. The highest BCUT2D eigenvalue weighted by Gasteiger charge is 2.07. The Balaban J connectivity index is 1.39. The molecule has 1 amide bonds. The van der Waals surface area contributed by atoms with Crippen molar-refractivity contribution in [2.75, 3.05) is 0 Å². The van der Waals surface area contributed by atoms with Gasteiger partial charge in [-0.05, 0) is 80.1 Å². The van der Waals surface area contributed by atoms with Gasteiger partial charge in [0.25, 0.3) is 5.91 Å². The van der Waals surface area contributed by atoms with Gasteiger partial charge < -0.3 is 9.30 Å². The second kappa shape index (κ2) is 9.13. The topological polar surface area (TPSA) is 55.6 Å². The van der Waals surface area contributed by atoms with Crippen LogP contribution in [0.25, 0.3) is 5.69 Å². The largest absolute Gasteiger partial charge is 0.457 e. The second-order valence-electron chi connectivity index (χ2n) is 7.19. The molecule has 3 aromatic carbocycles. The monoisotopic (exact) mass is 409 g/mol. The summed E-state index contributed by atoms with van der Waals surface area (Å²) < 4.78 is 7.97. The van der Waals surface area contributed by atoms with Crippen molar-refractivity contribution < 1.29 is 9.53 Å². The minimum atomic E-state index is -0.263. The Morgan fingerprint density at radius 1 is 0.839 bits per heavy atom. The molecule has 0 aliphatic heterocycles. The van der Waals surface area contributed by atoms with Gasteiger partial charge in [-0.15, -0.1) is 0 Å². The van der Waals surface area contributed by atoms with Crippen LogP contribution in [0.5, 0.6) is 11.5 Å². The molecular weight excluding hydrogens is 386 g/mol. The average molecular weight is 409 g/mol. The first-order chi connectivity index (χ1) is 15.1. The Hall–Kier alpha value is -4.12. The number of carbonyl (C=O) groups excluding carboxylic acids is 1. The molecule has 5 nitrogen and oxygen atoms in total. The van der Waals surface area contributed by atoms with E-state index in [2.05, 4.69) is 41.1 Å². The Morgan fingerprint density at radius 3 is 2.23 bits per heavy atom. The van der Waals surface area contributed by atoms with Gasteiger partial charge >= 0.3 is 0 Å². The summed E-state index contributed by atoms with van der Waals surface area (Å²) in [7, 11) is 0. The number of nitrogens with zero attached hydrogens (tertiary/aromatic N) is 2. The van der Waals surface area contributed by atoms with Crippen LogP contribution in [-0.4, -0.2) is 16.7 Å². The summed E-state index contributed by atoms with van der Waals surface area (Å²) in [6.45, 7) is 4.12. The smallest absolute Gasteiger partial charge is 0.271 e. The molecule has 154 valence electrons. The van der Waals surface area contributed by atoms with E-state index in [4.69, 9.17) is 4.74 Å². The molecule has 0 saturated carbocycles. The number of hydrogen-bond acceptors (Lipinski definition) is 3. The van der Waals surface area contributed by atoms with E-state index in [1.807, 2.05) is 66.7 Å². The van der Waals surface area contributed by atoms with Gasteiger partial charge in [-0.1, -0.05) is 30.3 Å². The molecule has 0 atom stereocenters. The van der Waals surface area contributed by atoms with Gasteiger partial charge in [0, 0.05) is 22.6 Å². The molecule has 5 heteroatoms. The van der Waals surface area contributed by atoms with E-state index in [-0.39, 0.29) is 5.91 Å². The van der Waals surface area contributed by atoms with E-state index < -0.39 is 0 Å². The minimum Gasteiger partial charge on any atom is -0.457 e. The second-order valence-corrected chi connectivity index (χ2v) is 7.19. The van der Waals surface area contributed by atoms with Crippen molar-refractivity contribution in [2.24, 2.45) is 5.10 Å². The zero-order chi connectivity index (χ0) is 21.6. The SMILES string of the molecule is Cc1ccc(C)n1-c1ccc(C(=O)N/N=C\c2cccc(Oc3ccccc3)c2)cc1. The summed E-state index contributed by atoms with van der Waals surface area (Å²) in [6, 6.07) is 28.7. The molecule has 0 aliphatic rings. The van der Waals surface area contributed by atoms with Gasteiger partial charge in [-0.2, -0.15) is 5.10 Å². The number of carbonyl (C=O) groups is 1. The van der Waals surface area contributed by atoms with Crippen LogP contribution in [0.3, 0.4) is 0 Å². The fourth-order valence-electron chi connectivity index (χ4n) is 3.35. The molecule has 31 heavy (non-hydrogen) atoms. The van der Waals surface area contributed by atoms with Crippen molar-refractivity contribution in [1.82, 2.24) is 9.99 Å². The summed E-state index contributed by atoms with van der Waals surface area (Å²) in [5.41, 5.74) is 7.27. The first kappa shape index (κ1) is 20.2. The Labute approximate surface area is 181 Å². The van der Waals surface area contributed by atoms with Gasteiger partial charge in [0.05, 0.1) is 6.21 Å². The number of benzene rings is 3. The van der Waals surface area contributed by atoms with Crippen LogP contribution in [0.4, 0.5) is 0 Å². The minimum absolute atomic E-state index is 0.263. The van der Waals surface area contributed by atoms with Crippen LogP contribution in [0.15, 0.2) is 96.1 Å². The van der Waals surface area contributed by atoms with Crippen molar-refractivity contribution in [3.05, 3.63) is 114 Å². The lowest BCUT2D eigenvalue weighted by Crippen LogP contribution is -2.17. The molecule has 1 N–H and O–H groups in total. The van der Waals surface area contributed by atoms with Crippen molar-refractivity contribution in [1.29, 1.82) is 0 Å². The molecule has 0 unspecified atom stereocenters. The normalized spacial score (nSPS) is 10.9. The van der Waals surface area contributed by atoms with Crippen LogP contribution >= 0.6 is 0 Å². The summed E-state index contributed by atoms with van der Waals surface area (Å²) in [6.07, 6.45) is 1.59. The molecule has 0 radical (unpaired) electrons. The predicted molar refractivity (Wildman–Crippen MR) is 123 cm³/mol. The molecule has 1 heterocycles. The van der Waals surface area contributed by atoms with E-state index >= 15 is 0 Å². The summed E-state index contributed by atoms with van der Waals surface area (Å²) in [5.74, 6) is 1.20. The summed E-state index contributed by atoms with van der Waals surface area (Å²) in [5, 5.41) is 4.08. The molecular formula is C26H23N3O2. The quantitative estimate of drug-likeness (QED) is 0.330. The van der Waals surface area contributed by atoms with Gasteiger partial charge in [0.1, 0.15) is 11.5 Å². The zero-order valence-electron chi connectivity index (χ0n) is 17.4. The van der Waals surface area contributed by atoms with Crippen molar-refractivity contribution >= 4 is 12.1 Å². The lowest BCUT2D eigenvalue weighted by molar-refractivity contribution is 0.0955. The number of aromatic nitrogens is 1. The number of ether oxygens (including phenoxy) is 1. The number of hydrogen-bond donors (Lipinski definition) is 1. The Morgan fingerprint density at radius 2 is 1.52 bits per heavy atom. The maximum absolute atomic E-state index is 12.4. The third-order valence-corrected chi connectivity index (χ3v) is 4.88. The lowest BCUT2D eigenvalue weighted by Gasteiger charge is -2.10. The fourth-order valence-corrected chi connectivity index (χ4v) is 3.35. The van der Waals surface area contributed by atoms with E-state index in [1.54, 1.807) is 18.3 Å². The summed E-state index contributed by atoms with van der Waals surface area (Å²) >= 11 is 0. The van der Waals surface area contributed by atoms with Crippen LogP contribution in [0, 0.1) is 13.8 Å². The first-order valence-corrected chi connectivity index (χ1v) is 10.0. The van der Waals surface area contributed by atoms with Crippen molar-refractivity contribution in [3.8, 4) is 17.2 Å². The van der Waals surface area contributed by atoms with Crippen molar-refractivity contribution in [2.45, 2.75) is 13.8 Å². The van der Waals surface area contributed by atoms with E-state index in [0.717, 1.165) is 28.4 Å². The van der Waals surface area contributed by atoms with Crippen LogP contribution in [-0.2, 0) is 0 Å². The van der Waals surface area contributed by atoms with Crippen LogP contribution in [0.1, 0.15) is 27.3 Å².